The Bertz CT molecular complexity index is 1410. The molecule has 0 amide bonds. The molecule has 0 saturated carbocycles. The molecule has 0 spiro atoms. The van der Waals surface area contributed by atoms with Crippen LogP contribution < -0.4 is 4.74 Å². The van der Waals surface area contributed by atoms with Gasteiger partial charge in [-0.3, -0.25) is 9.59 Å². The summed E-state index contributed by atoms with van der Waals surface area (Å²) in [6.07, 6.45) is 2.87. The van der Waals surface area contributed by atoms with Gasteiger partial charge in [-0.25, -0.2) is 4.79 Å². The highest BCUT2D eigenvalue weighted by Gasteiger charge is 2.25. The summed E-state index contributed by atoms with van der Waals surface area (Å²) in [5.74, 6) is -0.0136. The third-order valence-corrected chi connectivity index (χ3v) is 5.43. The minimum atomic E-state index is -0.502. The van der Waals surface area contributed by atoms with E-state index < -0.39 is 5.97 Å². The topological polar surface area (TPSA) is 82.8 Å². The van der Waals surface area contributed by atoms with E-state index in [1.54, 1.807) is 42.5 Å². The zero-order valence-corrected chi connectivity index (χ0v) is 19.0. The number of methoxy groups -OCH3 is 2. The molecule has 6 heteroatoms. The van der Waals surface area contributed by atoms with Gasteiger partial charge in [0.25, 0.3) is 0 Å². The molecule has 1 heterocycles. The van der Waals surface area contributed by atoms with Gasteiger partial charge in [0.1, 0.15) is 5.76 Å². The molecule has 34 heavy (non-hydrogen) atoms. The number of hydrogen-bond acceptors (Lipinski definition) is 6. The number of benzene rings is 3. The van der Waals surface area contributed by atoms with E-state index in [2.05, 4.69) is 4.74 Å². The van der Waals surface area contributed by atoms with Crippen molar-refractivity contribution in [2.45, 2.75) is 6.92 Å². The lowest BCUT2D eigenvalue weighted by molar-refractivity contribution is -0.134. The normalized spacial score (nSPS) is 11.0. The van der Waals surface area contributed by atoms with Crippen molar-refractivity contribution in [1.82, 2.24) is 0 Å². The maximum Gasteiger partial charge on any atom is 0.330 e. The van der Waals surface area contributed by atoms with Gasteiger partial charge in [-0.15, -0.1) is 0 Å². The fourth-order valence-electron chi connectivity index (χ4n) is 3.69. The molecular weight excluding hydrogens is 432 g/mol. The van der Waals surface area contributed by atoms with Crippen molar-refractivity contribution in [3.8, 4) is 17.1 Å². The lowest BCUT2D eigenvalue weighted by Gasteiger charge is -2.05. The van der Waals surface area contributed by atoms with Gasteiger partial charge >= 0.3 is 5.97 Å². The number of ether oxygens (including phenoxy) is 2. The van der Waals surface area contributed by atoms with Crippen molar-refractivity contribution in [3.05, 3.63) is 95.1 Å². The lowest BCUT2D eigenvalue weighted by Crippen LogP contribution is -2.03. The van der Waals surface area contributed by atoms with Crippen LogP contribution in [0.2, 0.25) is 0 Å². The summed E-state index contributed by atoms with van der Waals surface area (Å²) >= 11 is 0. The molecular formula is C28H22O6. The Morgan fingerprint density at radius 3 is 2.18 bits per heavy atom. The van der Waals surface area contributed by atoms with Crippen molar-refractivity contribution in [2.24, 2.45) is 0 Å². The highest BCUT2D eigenvalue weighted by atomic mass is 16.5. The number of furan rings is 1. The van der Waals surface area contributed by atoms with Crippen LogP contribution in [0, 0.1) is 0 Å². The van der Waals surface area contributed by atoms with E-state index in [4.69, 9.17) is 9.15 Å². The standard InChI is InChI=1S/C28H22O6/c1-17(29)19-10-12-20(13-11-19)26(31)25-22-15-18(9-14-24(30)33-3)16-23(32-2)28(22)34-27(25)21-7-5-4-6-8-21/h4-16H,1-3H3. The van der Waals surface area contributed by atoms with Gasteiger partial charge in [-0.1, -0.05) is 54.6 Å². The van der Waals surface area contributed by atoms with Crippen LogP contribution in [-0.2, 0) is 9.53 Å². The SMILES string of the molecule is COC(=O)C=Cc1cc(OC)c2oc(-c3ccccc3)c(C(=O)c3ccc(C(C)=O)cc3)c2c1. The quantitative estimate of drug-likeness (QED) is 0.202. The first-order valence-electron chi connectivity index (χ1n) is 10.5. The summed E-state index contributed by atoms with van der Waals surface area (Å²) in [5.41, 5.74) is 3.09. The number of Topliss-reactive ketones (excluding diaryl/α,β-unsaturated/α-hetero) is 1. The van der Waals surface area contributed by atoms with Gasteiger partial charge in [-0.05, 0) is 30.7 Å². The molecule has 3 aromatic carbocycles. The number of rotatable bonds is 7. The summed E-state index contributed by atoms with van der Waals surface area (Å²) in [7, 11) is 2.81. The Kier molecular flexibility index (Phi) is 6.41. The molecule has 0 atom stereocenters. The van der Waals surface area contributed by atoms with Crippen LogP contribution >= 0.6 is 0 Å². The highest BCUT2D eigenvalue weighted by Crippen LogP contribution is 2.40. The average Bonchev–Trinajstić information content (AvgIpc) is 3.26. The zero-order valence-electron chi connectivity index (χ0n) is 19.0. The van der Waals surface area contributed by atoms with E-state index in [-0.39, 0.29) is 11.6 Å². The van der Waals surface area contributed by atoms with Crippen LogP contribution in [0.25, 0.3) is 28.4 Å². The first kappa shape index (κ1) is 22.7. The molecule has 0 saturated heterocycles. The lowest BCUT2D eigenvalue weighted by atomic mass is 9.95. The van der Waals surface area contributed by atoms with E-state index in [0.29, 0.717) is 44.7 Å². The smallest absolute Gasteiger partial charge is 0.330 e. The summed E-state index contributed by atoms with van der Waals surface area (Å²) < 4.78 is 16.4. The van der Waals surface area contributed by atoms with Gasteiger partial charge in [0, 0.05) is 28.2 Å². The Labute approximate surface area is 196 Å². The van der Waals surface area contributed by atoms with Gasteiger partial charge in [0.15, 0.2) is 22.9 Å². The minimum absolute atomic E-state index is 0.0792. The maximum absolute atomic E-state index is 13.7. The second-order valence-electron chi connectivity index (χ2n) is 7.59. The second kappa shape index (κ2) is 9.58. The Balaban J connectivity index is 1.96. The molecule has 6 nitrogen and oxygen atoms in total. The summed E-state index contributed by atoms with van der Waals surface area (Å²) in [6, 6.07) is 19.3. The highest BCUT2D eigenvalue weighted by molar-refractivity contribution is 6.20. The molecule has 0 radical (unpaired) electrons. The van der Waals surface area contributed by atoms with Crippen molar-refractivity contribution >= 4 is 34.6 Å². The zero-order chi connectivity index (χ0) is 24.2. The van der Waals surface area contributed by atoms with Crippen LogP contribution in [0.15, 0.2) is 77.2 Å². The maximum atomic E-state index is 13.7. The second-order valence-corrected chi connectivity index (χ2v) is 7.59. The van der Waals surface area contributed by atoms with Crippen LogP contribution in [0.5, 0.6) is 5.75 Å². The van der Waals surface area contributed by atoms with Crippen molar-refractivity contribution < 1.29 is 28.3 Å². The molecule has 0 N–H and O–H groups in total. The van der Waals surface area contributed by atoms with E-state index in [1.807, 2.05) is 30.3 Å². The van der Waals surface area contributed by atoms with Gasteiger partial charge in [-0.2, -0.15) is 0 Å². The van der Waals surface area contributed by atoms with Crippen LogP contribution in [0.3, 0.4) is 0 Å². The monoisotopic (exact) mass is 454 g/mol. The first-order valence-corrected chi connectivity index (χ1v) is 10.5. The van der Waals surface area contributed by atoms with Gasteiger partial charge in [0.05, 0.1) is 19.8 Å². The number of carbonyl (C=O) groups excluding carboxylic acids is 3. The summed E-state index contributed by atoms with van der Waals surface area (Å²) in [5, 5.41) is 0.545. The van der Waals surface area contributed by atoms with E-state index in [0.717, 1.165) is 5.56 Å². The first-order chi connectivity index (χ1) is 16.4. The van der Waals surface area contributed by atoms with Gasteiger partial charge < -0.3 is 13.9 Å². The summed E-state index contributed by atoms with van der Waals surface area (Å²) in [4.78, 5) is 37.0. The average molecular weight is 454 g/mol. The molecule has 0 aliphatic heterocycles. The predicted molar refractivity (Wildman–Crippen MR) is 129 cm³/mol. The van der Waals surface area contributed by atoms with Gasteiger partial charge in [0.2, 0.25) is 0 Å². The number of ketones is 2. The molecule has 0 aliphatic carbocycles. The number of fused-ring (bicyclic) bond motifs is 1. The largest absolute Gasteiger partial charge is 0.493 e. The van der Waals surface area contributed by atoms with E-state index in [9.17, 15) is 14.4 Å². The minimum Gasteiger partial charge on any atom is -0.493 e. The Hall–Kier alpha value is -4.45. The molecule has 4 rings (SSSR count). The van der Waals surface area contributed by atoms with E-state index >= 15 is 0 Å². The fourth-order valence-corrected chi connectivity index (χ4v) is 3.69. The molecule has 170 valence electrons. The van der Waals surface area contributed by atoms with Crippen molar-refractivity contribution in [2.75, 3.05) is 14.2 Å². The Morgan fingerprint density at radius 2 is 1.56 bits per heavy atom. The number of carbonyl (C=O) groups is 3. The predicted octanol–water partition coefficient (Wildman–Crippen LogP) is 5.73. The Morgan fingerprint density at radius 1 is 0.882 bits per heavy atom. The van der Waals surface area contributed by atoms with Crippen LogP contribution in [-0.4, -0.2) is 31.8 Å². The van der Waals surface area contributed by atoms with Crippen molar-refractivity contribution in [1.29, 1.82) is 0 Å². The summed E-state index contributed by atoms with van der Waals surface area (Å²) in [6.45, 7) is 1.48. The third-order valence-electron chi connectivity index (χ3n) is 5.43. The fraction of sp³-hybridized carbons (Fsp3) is 0.107. The molecule has 1 aromatic heterocycles. The number of hydrogen-bond donors (Lipinski definition) is 0. The molecule has 0 fully saturated rings. The molecule has 0 bridgehead atoms. The third kappa shape index (κ3) is 4.38. The molecule has 0 unspecified atom stereocenters. The van der Waals surface area contributed by atoms with Crippen molar-refractivity contribution in [3.63, 3.8) is 0 Å². The van der Waals surface area contributed by atoms with Crippen LogP contribution in [0.4, 0.5) is 0 Å². The van der Waals surface area contributed by atoms with Crippen LogP contribution in [0.1, 0.15) is 38.8 Å². The molecule has 0 aliphatic rings. The molecule has 4 aromatic rings. The van der Waals surface area contributed by atoms with E-state index in [1.165, 1.54) is 27.2 Å². The number of esters is 1.